The van der Waals surface area contributed by atoms with E-state index < -0.39 is 10.0 Å². The van der Waals surface area contributed by atoms with Crippen LogP contribution in [-0.2, 0) is 14.8 Å². The molecule has 0 spiro atoms. The number of piperazine rings is 1. The second-order valence-electron chi connectivity index (χ2n) is 6.66. The first-order chi connectivity index (χ1) is 12.9. The molecule has 1 amide bonds. The number of hydrogen-bond acceptors (Lipinski definition) is 4. The van der Waals surface area contributed by atoms with Gasteiger partial charge < -0.3 is 5.32 Å². The van der Waals surface area contributed by atoms with Gasteiger partial charge in [0.25, 0.3) is 0 Å². The van der Waals surface area contributed by atoms with Gasteiger partial charge in [-0.05, 0) is 29.8 Å². The molecule has 6 nitrogen and oxygen atoms in total. The monoisotopic (exact) mass is 387 g/mol. The number of sulfonamides is 1. The van der Waals surface area contributed by atoms with E-state index in [0.29, 0.717) is 37.6 Å². The number of nitrogens with one attached hydrogen (secondary N) is 1. The summed E-state index contributed by atoms with van der Waals surface area (Å²) in [4.78, 5) is 14.4. The standard InChI is InChI=1S/C20H25N3O3S/c1-3-10-21-20(24)16(2)22-11-13-23(14-12-22)27(25,26)19-9-8-17-6-4-5-7-18(17)15-19/h3-9,15-16H,1,10-14H2,2H3,(H,21,24). The highest BCUT2D eigenvalue weighted by Gasteiger charge is 2.31. The molecule has 1 fully saturated rings. The summed E-state index contributed by atoms with van der Waals surface area (Å²) < 4.78 is 27.5. The first-order valence-electron chi connectivity index (χ1n) is 9.05. The molecular formula is C20H25N3O3S. The molecule has 0 aromatic heterocycles. The van der Waals surface area contributed by atoms with Gasteiger partial charge in [-0.3, -0.25) is 9.69 Å². The second kappa shape index (κ2) is 8.21. The Hall–Kier alpha value is -2.22. The molecular weight excluding hydrogens is 362 g/mol. The third-order valence-electron chi connectivity index (χ3n) is 4.98. The highest BCUT2D eigenvalue weighted by Crippen LogP contribution is 2.23. The van der Waals surface area contributed by atoms with Crippen LogP contribution in [0.2, 0.25) is 0 Å². The van der Waals surface area contributed by atoms with Crippen molar-refractivity contribution in [2.24, 2.45) is 0 Å². The van der Waals surface area contributed by atoms with Crippen molar-refractivity contribution in [2.45, 2.75) is 17.9 Å². The molecule has 1 unspecified atom stereocenters. The average molecular weight is 388 g/mol. The summed E-state index contributed by atoms with van der Waals surface area (Å²) in [5, 5.41) is 4.70. The summed E-state index contributed by atoms with van der Waals surface area (Å²) in [6, 6.07) is 12.6. The molecule has 0 bridgehead atoms. The van der Waals surface area contributed by atoms with Crippen LogP contribution in [0.4, 0.5) is 0 Å². The van der Waals surface area contributed by atoms with E-state index in [9.17, 15) is 13.2 Å². The maximum Gasteiger partial charge on any atom is 0.243 e. The molecule has 1 atom stereocenters. The summed E-state index contributed by atoms with van der Waals surface area (Å²) in [6.45, 7) is 7.64. The Morgan fingerprint density at radius 3 is 2.48 bits per heavy atom. The van der Waals surface area contributed by atoms with Crippen molar-refractivity contribution >= 4 is 26.7 Å². The van der Waals surface area contributed by atoms with Gasteiger partial charge in [-0.2, -0.15) is 4.31 Å². The molecule has 1 heterocycles. The zero-order chi connectivity index (χ0) is 19.4. The van der Waals surface area contributed by atoms with Crippen molar-refractivity contribution in [1.82, 2.24) is 14.5 Å². The molecule has 27 heavy (non-hydrogen) atoms. The van der Waals surface area contributed by atoms with Gasteiger partial charge >= 0.3 is 0 Å². The SMILES string of the molecule is C=CCNC(=O)C(C)N1CCN(S(=O)(=O)c2ccc3ccccc3c2)CC1. The number of benzene rings is 2. The van der Waals surface area contributed by atoms with Crippen LogP contribution >= 0.6 is 0 Å². The average Bonchev–Trinajstić information content (AvgIpc) is 2.71. The fraction of sp³-hybridized carbons (Fsp3) is 0.350. The van der Waals surface area contributed by atoms with Crippen LogP contribution in [0.15, 0.2) is 60.0 Å². The topological polar surface area (TPSA) is 69.7 Å². The van der Waals surface area contributed by atoms with Gasteiger partial charge in [0.05, 0.1) is 10.9 Å². The molecule has 1 aliphatic rings. The molecule has 2 aromatic rings. The number of amides is 1. The molecule has 1 saturated heterocycles. The lowest BCUT2D eigenvalue weighted by Gasteiger charge is -2.36. The number of hydrogen-bond donors (Lipinski definition) is 1. The van der Waals surface area contributed by atoms with Crippen molar-refractivity contribution in [3.63, 3.8) is 0 Å². The minimum absolute atomic E-state index is 0.0688. The minimum atomic E-state index is -3.54. The molecule has 3 rings (SSSR count). The predicted octanol–water partition coefficient (Wildman–Crippen LogP) is 1.84. The van der Waals surface area contributed by atoms with Crippen molar-refractivity contribution in [3.05, 3.63) is 55.1 Å². The predicted molar refractivity (Wildman–Crippen MR) is 107 cm³/mol. The van der Waals surface area contributed by atoms with Gasteiger partial charge in [0.2, 0.25) is 15.9 Å². The quantitative estimate of drug-likeness (QED) is 0.768. The Bertz CT molecular complexity index is 934. The lowest BCUT2D eigenvalue weighted by molar-refractivity contribution is -0.126. The summed E-state index contributed by atoms with van der Waals surface area (Å²) in [5.74, 6) is -0.0688. The van der Waals surface area contributed by atoms with Crippen molar-refractivity contribution in [1.29, 1.82) is 0 Å². The molecule has 0 saturated carbocycles. The molecule has 0 aliphatic carbocycles. The first-order valence-corrected chi connectivity index (χ1v) is 10.5. The zero-order valence-electron chi connectivity index (χ0n) is 15.5. The highest BCUT2D eigenvalue weighted by molar-refractivity contribution is 7.89. The summed E-state index contributed by atoms with van der Waals surface area (Å²) in [7, 11) is -3.54. The van der Waals surface area contributed by atoms with E-state index in [1.807, 2.05) is 42.2 Å². The fourth-order valence-electron chi connectivity index (χ4n) is 3.29. The lowest BCUT2D eigenvalue weighted by Crippen LogP contribution is -2.54. The largest absolute Gasteiger partial charge is 0.351 e. The molecule has 144 valence electrons. The van der Waals surface area contributed by atoms with E-state index in [1.54, 1.807) is 18.2 Å². The van der Waals surface area contributed by atoms with Crippen LogP contribution < -0.4 is 5.32 Å². The van der Waals surface area contributed by atoms with E-state index in [4.69, 9.17) is 0 Å². The Morgan fingerprint density at radius 2 is 1.81 bits per heavy atom. The van der Waals surface area contributed by atoms with E-state index in [0.717, 1.165) is 10.8 Å². The Kier molecular flexibility index (Phi) is 5.94. The minimum Gasteiger partial charge on any atom is -0.351 e. The lowest BCUT2D eigenvalue weighted by atomic mass is 10.1. The number of carbonyl (C=O) groups is 1. The summed E-state index contributed by atoms with van der Waals surface area (Å²) >= 11 is 0. The summed E-state index contributed by atoms with van der Waals surface area (Å²) in [5.41, 5.74) is 0. The molecule has 2 aromatic carbocycles. The Balaban J connectivity index is 1.68. The molecule has 1 N–H and O–H groups in total. The van der Waals surface area contributed by atoms with Crippen LogP contribution in [0, 0.1) is 0 Å². The van der Waals surface area contributed by atoms with Crippen LogP contribution in [0.3, 0.4) is 0 Å². The third-order valence-corrected chi connectivity index (χ3v) is 6.87. The second-order valence-corrected chi connectivity index (χ2v) is 8.60. The molecule has 7 heteroatoms. The normalized spacial score (nSPS) is 17.5. The zero-order valence-corrected chi connectivity index (χ0v) is 16.3. The van der Waals surface area contributed by atoms with E-state index in [2.05, 4.69) is 11.9 Å². The maximum atomic E-state index is 13.0. The van der Waals surface area contributed by atoms with Gasteiger partial charge in [-0.15, -0.1) is 6.58 Å². The van der Waals surface area contributed by atoms with Gasteiger partial charge in [-0.1, -0.05) is 36.4 Å². The number of fused-ring (bicyclic) bond motifs is 1. The Morgan fingerprint density at radius 1 is 1.15 bits per heavy atom. The van der Waals surface area contributed by atoms with Crippen LogP contribution in [0.5, 0.6) is 0 Å². The first kappa shape index (κ1) is 19.5. The van der Waals surface area contributed by atoms with E-state index >= 15 is 0 Å². The van der Waals surface area contributed by atoms with Crippen LogP contribution in [0.1, 0.15) is 6.92 Å². The number of rotatable bonds is 6. The molecule has 0 radical (unpaired) electrons. The third kappa shape index (κ3) is 4.21. The van der Waals surface area contributed by atoms with Crippen molar-refractivity contribution < 1.29 is 13.2 Å². The van der Waals surface area contributed by atoms with Gasteiger partial charge in [0, 0.05) is 32.7 Å². The maximum absolute atomic E-state index is 13.0. The fourth-order valence-corrected chi connectivity index (χ4v) is 4.75. The smallest absolute Gasteiger partial charge is 0.243 e. The van der Waals surface area contributed by atoms with Crippen LogP contribution in [-0.4, -0.2) is 62.3 Å². The molecule has 1 aliphatic heterocycles. The van der Waals surface area contributed by atoms with Crippen LogP contribution in [0.25, 0.3) is 10.8 Å². The number of carbonyl (C=O) groups excluding carboxylic acids is 1. The van der Waals surface area contributed by atoms with E-state index in [1.165, 1.54) is 4.31 Å². The van der Waals surface area contributed by atoms with Gasteiger partial charge in [-0.25, -0.2) is 8.42 Å². The van der Waals surface area contributed by atoms with Gasteiger partial charge in [0.15, 0.2) is 0 Å². The summed E-state index contributed by atoms with van der Waals surface area (Å²) in [6.07, 6.45) is 1.64. The van der Waals surface area contributed by atoms with Crippen molar-refractivity contribution in [2.75, 3.05) is 32.7 Å². The van der Waals surface area contributed by atoms with E-state index in [-0.39, 0.29) is 11.9 Å². The highest BCUT2D eigenvalue weighted by atomic mass is 32.2. The van der Waals surface area contributed by atoms with Crippen molar-refractivity contribution in [3.8, 4) is 0 Å². The van der Waals surface area contributed by atoms with Gasteiger partial charge in [0.1, 0.15) is 0 Å². The number of nitrogens with zero attached hydrogens (tertiary/aromatic N) is 2. The Labute approximate surface area is 160 Å².